The normalized spacial score (nSPS) is 24.4. The fourth-order valence-electron chi connectivity index (χ4n) is 2.22. The molecule has 0 amide bonds. The minimum Gasteiger partial charge on any atom is -0.365 e. The summed E-state index contributed by atoms with van der Waals surface area (Å²) in [4.78, 5) is 16.3. The molecule has 2 heterocycles. The van der Waals surface area contributed by atoms with Gasteiger partial charge in [0.2, 0.25) is 0 Å². The number of hydrogen-bond acceptors (Lipinski definition) is 3. The van der Waals surface area contributed by atoms with Crippen LogP contribution in [0, 0.1) is 16.7 Å². The first-order valence-electron chi connectivity index (χ1n) is 5.58. The summed E-state index contributed by atoms with van der Waals surface area (Å²) >= 11 is 5.88. The van der Waals surface area contributed by atoms with Gasteiger partial charge in [0.05, 0.1) is 16.5 Å². The average molecular weight is 252 g/mol. The Kier molecular flexibility index (Phi) is 3.12. The lowest BCUT2D eigenvalue weighted by molar-refractivity contribution is 0.349. The standard InChI is InChI=1S/C12H14ClN3O/c1-12(7-14)3-2-4-16(8-12)10-5-9(13)6-15-11(10)17/h5-6H,2-4,8H2,1H3,(H,15,17). The maximum absolute atomic E-state index is 11.7. The molecule has 1 unspecified atom stereocenters. The first-order valence-corrected chi connectivity index (χ1v) is 5.96. The van der Waals surface area contributed by atoms with Crippen LogP contribution >= 0.6 is 11.6 Å². The molecule has 0 radical (unpaired) electrons. The number of nitrogens with zero attached hydrogens (tertiary/aromatic N) is 2. The quantitative estimate of drug-likeness (QED) is 0.832. The van der Waals surface area contributed by atoms with E-state index in [2.05, 4.69) is 11.1 Å². The van der Waals surface area contributed by atoms with Gasteiger partial charge in [-0.2, -0.15) is 5.26 Å². The van der Waals surface area contributed by atoms with E-state index < -0.39 is 0 Å². The topological polar surface area (TPSA) is 59.9 Å². The Labute approximate surface area is 105 Å². The van der Waals surface area contributed by atoms with E-state index in [0.717, 1.165) is 19.4 Å². The largest absolute Gasteiger partial charge is 0.365 e. The number of halogens is 1. The molecule has 2 rings (SSSR count). The minimum absolute atomic E-state index is 0.156. The summed E-state index contributed by atoms with van der Waals surface area (Å²) in [6.07, 6.45) is 3.26. The average Bonchev–Trinajstić information content (AvgIpc) is 2.32. The molecule has 1 fully saturated rings. The van der Waals surface area contributed by atoms with Gasteiger partial charge in [-0.15, -0.1) is 0 Å². The van der Waals surface area contributed by atoms with Crippen LogP contribution in [-0.2, 0) is 0 Å². The van der Waals surface area contributed by atoms with Crippen molar-refractivity contribution in [2.45, 2.75) is 19.8 Å². The molecule has 1 aliphatic heterocycles. The van der Waals surface area contributed by atoms with Crippen LogP contribution in [-0.4, -0.2) is 18.1 Å². The van der Waals surface area contributed by atoms with Gasteiger partial charge >= 0.3 is 0 Å². The van der Waals surface area contributed by atoms with E-state index in [1.165, 1.54) is 6.20 Å². The highest BCUT2D eigenvalue weighted by atomic mass is 35.5. The van der Waals surface area contributed by atoms with Crippen molar-refractivity contribution in [3.05, 3.63) is 27.6 Å². The number of anilines is 1. The lowest BCUT2D eigenvalue weighted by atomic mass is 9.83. The number of hydrogen-bond donors (Lipinski definition) is 1. The number of aromatic amines is 1. The summed E-state index contributed by atoms with van der Waals surface area (Å²) in [5.74, 6) is 0. The maximum atomic E-state index is 11.7. The predicted molar refractivity (Wildman–Crippen MR) is 67.2 cm³/mol. The van der Waals surface area contributed by atoms with Crippen LogP contribution in [0.25, 0.3) is 0 Å². The summed E-state index contributed by atoms with van der Waals surface area (Å²) < 4.78 is 0. The number of rotatable bonds is 1. The highest BCUT2D eigenvalue weighted by Crippen LogP contribution is 2.30. The molecule has 5 heteroatoms. The van der Waals surface area contributed by atoms with Crippen molar-refractivity contribution >= 4 is 17.3 Å². The van der Waals surface area contributed by atoms with E-state index >= 15 is 0 Å². The molecule has 1 aromatic rings. The second-order valence-electron chi connectivity index (χ2n) is 4.73. The molecule has 0 saturated carbocycles. The van der Waals surface area contributed by atoms with E-state index in [4.69, 9.17) is 16.9 Å². The van der Waals surface area contributed by atoms with Crippen LogP contribution in [0.1, 0.15) is 19.8 Å². The van der Waals surface area contributed by atoms with Crippen LogP contribution in [0.2, 0.25) is 5.02 Å². The third-order valence-electron chi connectivity index (χ3n) is 3.16. The van der Waals surface area contributed by atoms with Gasteiger partial charge in [0.25, 0.3) is 5.56 Å². The molecule has 0 bridgehead atoms. The maximum Gasteiger partial charge on any atom is 0.271 e. The van der Waals surface area contributed by atoms with Crippen molar-refractivity contribution in [2.75, 3.05) is 18.0 Å². The first kappa shape index (κ1) is 12.0. The van der Waals surface area contributed by atoms with Gasteiger partial charge < -0.3 is 9.88 Å². The molecule has 90 valence electrons. The molecule has 17 heavy (non-hydrogen) atoms. The smallest absolute Gasteiger partial charge is 0.271 e. The van der Waals surface area contributed by atoms with Crippen LogP contribution in [0.5, 0.6) is 0 Å². The third-order valence-corrected chi connectivity index (χ3v) is 3.37. The minimum atomic E-state index is -0.382. The number of piperidine rings is 1. The molecule has 4 nitrogen and oxygen atoms in total. The van der Waals surface area contributed by atoms with Crippen LogP contribution < -0.4 is 10.5 Å². The Balaban J connectivity index is 2.32. The van der Waals surface area contributed by atoms with Gasteiger partial charge in [0, 0.05) is 19.3 Å². The van der Waals surface area contributed by atoms with Crippen LogP contribution in [0.4, 0.5) is 5.69 Å². The summed E-state index contributed by atoms with van der Waals surface area (Å²) in [5.41, 5.74) is 0.0165. The number of nitriles is 1. The van der Waals surface area contributed by atoms with Gasteiger partial charge in [0.1, 0.15) is 5.69 Å². The second kappa shape index (κ2) is 4.42. The SMILES string of the molecule is CC1(C#N)CCCN(c2cc(Cl)c[nH]c2=O)C1. The lowest BCUT2D eigenvalue weighted by Crippen LogP contribution is -2.43. The van der Waals surface area contributed by atoms with E-state index in [-0.39, 0.29) is 11.0 Å². The summed E-state index contributed by atoms with van der Waals surface area (Å²) in [6, 6.07) is 3.98. The Morgan fingerprint density at radius 1 is 1.65 bits per heavy atom. The summed E-state index contributed by atoms with van der Waals surface area (Å²) in [6.45, 7) is 3.30. The van der Waals surface area contributed by atoms with Gasteiger partial charge in [-0.1, -0.05) is 11.6 Å². The zero-order chi connectivity index (χ0) is 12.5. The van der Waals surface area contributed by atoms with E-state index in [1.54, 1.807) is 6.07 Å². The Hall–Kier alpha value is -1.47. The molecule has 0 aromatic carbocycles. The van der Waals surface area contributed by atoms with Crippen molar-refractivity contribution in [2.24, 2.45) is 5.41 Å². The van der Waals surface area contributed by atoms with Gasteiger partial charge in [0.15, 0.2) is 0 Å². The Morgan fingerprint density at radius 2 is 2.41 bits per heavy atom. The van der Waals surface area contributed by atoms with Gasteiger partial charge in [-0.05, 0) is 25.8 Å². The first-order chi connectivity index (χ1) is 8.04. The molecule has 0 spiro atoms. The molecule has 1 N–H and O–H groups in total. The molecule has 1 atom stereocenters. The van der Waals surface area contributed by atoms with Gasteiger partial charge in [-0.25, -0.2) is 0 Å². The number of H-pyrrole nitrogens is 1. The van der Waals surface area contributed by atoms with Crippen molar-refractivity contribution in [1.29, 1.82) is 5.26 Å². The molecular weight excluding hydrogens is 238 g/mol. The molecule has 1 saturated heterocycles. The second-order valence-corrected chi connectivity index (χ2v) is 5.17. The zero-order valence-electron chi connectivity index (χ0n) is 9.66. The van der Waals surface area contributed by atoms with Crippen molar-refractivity contribution in [1.82, 2.24) is 4.98 Å². The number of pyridine rings is 1. The van der Waals surface area contributed by atoms with E-state index in [0.29, 0.717) is 17.3 Å². The lowest BCUT2D eigenvalue weighted by Gasteiger charge is -2.36. The van der Waals surface area contributed by atoms with Gasteiger partial charge in [-0.3, -0.25) is 4.79 Å². The fraction of sp³-hybridized carbons (Fsp3) is 0.500. The van der Waals surface area contributed by atoms with Crippen molar-refractivity contribution in [3.63, 3.8) is 0 Å². The third kappa shape index (κ3) is 2.45. The Bertz CT molecular complexity index is 519. The summed E-state index contributed by atoms with van der Waals surface area (Å²) in [7, 11) is 0. The van der Waals surface area contributed by atoms with E-state index in [1.807, 2.05) is 11.8 Å². The highest BCUT2D eigenvalue weighted by Gasteiger charge is 2.31. The highest BCUT2D eigenvalue weighted by molar-refractivity contribution is 6.30. The van der Waals surface area contributed by atoms with Crippen molar-refractivity contribution < 1.29 is 0 Å². The van der Waals surface area contributed by atoms with Crippen LogP contribution in [0.3, 0.4) is 0 Å². The summed E-state index contributed by atoms with van der Waals surface area (Å²) in [5, 5.41) is 9.65. The van der Waals surface area contributed by atoms with Crippen LogP contribution in [0.15, 0.2) is 17.1 Å². The van der Waals surface area contributed by atoms with E-state index in [9.17, 15) is 4.79 Å². The molecular formula is C12H14ClN3O. The fourth-order valence-corrected chi connectivity index (χ4v) is 2.38. The van der Waals surface area contributed by atoms with Crippen molar-refractivity contribution in [3.8, 4) is 6.07 Å². The zero-order valence-corrected chi connectivity index (χ0v) is 10.4. The Morgan fingerprint density at radius 3 is 3.12 bits per heavy atom. The molecule has 1 aliphatic rings. The molecule has 0 aliphatic carbocycles. The number of nitrogens with one attached hydrogen (secondary N) is 1. The number of aromatic nitrogens is 1. The molecule has 1 aromatic heterocycles. The predicted octanol–water partition coefficient (Wildman–Crippen LogP) is 2.16. The monoisotopic (exact) mass is 251 g/mol.